The van der Waals surface area contributed by atoms with Gasteiger partial charge >= 0.3 is 11.9 Å². The van der Waals surface area contributed by atoms with Crippen LogP contribution in [0.1, 0.15) is 51.7 Å². The number of carbonyl (C=O) groups is 3. The number of carbonyl (C=O) groups excluding carboxylic acids is 3. The van der Waals surface area contributed by atoms with Crippen LogP contribution < -0.4 is 10.6 Å². The third-order valence-electron chi connectivity index (χ3n) is 4.79. The van der Waals surface area contributed by atoms with Crippen LogP contribution in [-0.2, 0) is 23.9 Å². The lowest BCUT2D eigenvalue weighted by atomic mass is 9.78. The highest BCUT2D eigenvalue weighted by atomic mass is 16.5. The fourth-order valence-electron chi connectivity index (χ4n) is 3.57. The van der Waals surface area contributed by atoms with Crippen LogP contribution in [0.25, 0.3) is 6.08 Å². The first-order chi connectivity index (χ1) is 14.5. The Balaban J connectivity index is 2.64. The molecule has 0 spiro atoms. The van der Waals surface area contributed by atoms with Gasteiger partial charge < -0.3 is 20.1 Å². The summed E-state index contributed by atoms with van der Waals surface area (Å²) in [6.45, 7) is 9.20. The predicted octanol–water partition coefficient (Wildman–Crippen LogP) is 3.20. The minimum atomic E-state index is -0.715. The first-order valence-corrected chi connectivity index (χ1v) is 9.94. The van der Waals surface area contributed by atoms with Gasteiger partial charge in [0.15, 0.2) is 0 Å². The van der Waals surface area contributed by atoms with Crippen molar-refractivity contribution in [2.75, 3.05) is 14.2 Å². The van der Waals surface area contributed by atoms with E-state index in [1.165, 1.54) is 20.3 Å². The summed E-state index contributed by atoms with van der Waals surface area (Å²) in [6.07, 6.45) is 3.11. The molecule has 2 N–H and O–H groups in total. The molecular formula is C24H30N2O5. The monoisotopic (exact) mass is 426 g/mol. The van der Waals surface area contributed by atoms with Crippen LogP contribution in [0.4, 0.5) is 0 Å². The number of allylic oxidation sites excluding steroid dienone is 2. The maximum Gasteiger partial charge on any atom is 0.336 e. The van der Waals surface area contributed by atoms with Crippen molar-refractivity contribution < 1.29 is 23.9 Å². The molecule has 0 atom stereocenters. The van der Waals surface area contributed by atoms with E-state index in [0.717, 1.165) is 0 Å². The Morgan fingerprint density at radius 3 is 1.97 bits per heavy atom. The lowest BCUT2D eigenvalue weighted by Gasteiger charge is -2.30. The molecule has 0 aromatic heterocycles. The Morgan fingerprint density at radius 2 is 1.48 bits per heavy atom. The second-order valence-electron chi connectivity index (χ2n) is 8.32. The highest BCUT2D eigenvalue weighted by molar-refractivity contribution is 6.00. The molecule has 0 unspecified atom stereocenters. The van der Waals surface area contributed by atoms with Crippen molar-refractivity contribution in [1.82, 2.24) is 10.6 Å². The maximum absolute atomic E-state index is 12.7. The molecule has 0 bridgehead atoms. The van der Waals surface area contributed by atoms with Gasteiger partial charge in [-0.3, -0.25) is 4.79 Å². The summed E-state index contributed by atoms with van der Waals surface area (Å²) in [5, 5.41) is 5.95. The van der Waals surface area contributed by atoms with E-state index in [4.69, 9.17) is 9.47 Å². The van der Waals surface area contributed by atoms with Crippen molar-refractivity contribution in [3.05, 3.63) is 64.0 Å². The molecule has 1 aliphatic heterocycles. The molecule has 2 rings (SSSR count). The molecule has 0 radical (unpaired) electrons. The molecule has 1 heterocycles. The van der Waals surface area contributed by atoms with Crippen LogP contribution >= 0.6 is 0 Å². The van der Waals surface area contributed by atoms with Gasteiger partial charge in [-0.05, 0) is 51.8 Å². The molecule has 0 aliphatic carbocycles. The summed E-state index contributed by atoms with van der Waals surface area (Å²) >= 11 is 0. The summed E-state index contributed by atoms with van der Waals surface area (Å²) in [4.78, 5) is 37.6. The van der Waals surface area contributed by atoms with Gasteiger partial charge in [-0.1, -0.05) is 24.3 Å². The zero-order chi connectivity index (χ0) is 23.3. The predicted molar refractivity (Wildman–Crippen MR) is 119 cm³/mol. The minimum Gasteiger partial charge on any atom is -0.466 e. The Morgan fingerprint density at radius 1 is 0.968 bits per heavy atom. The Bertz CT molecular complexity index is 942. The third-order valence-corrected chi connectivity index (χ3v) is 4.79. The van der Waals surface area contributed by atoms with Crippen LogP contribution in [0.15, 0.2) is 52.9 Å². The number of nitrogens with one attached hydrogen (secondary N) is 2. The summed E-state index contributed by atoms with van der Waals surface area (Å²) in [6, 6.07) is 7.30. The van der Waals surface area contributed by atoms with Gasteiger partial charge in [0.05, 0.1) is 31.3 Å². The first kappa shape index (κ1) is 23.9. The number of rotatable bonds is 5. The van der Waals surface area contributed by atoms with Gasteiger partial charge in [-0.2, -0.15) is 0 Å². The SMILES string of the molecule is COC(=O)C1=C(C)NC(C)=C(C(=O)OC)C1c1ccccc1/C=C/C(=O)NC(C)(C)C. The average molecular weight is 427 g/mol. The molecule has 166 valence electrons. The van der Waals surface area contributed by atoms with Crippen molar-refractivity contribution in [3.63, 3.8) is 0 Å². The molecule has 0 fully saturated rings. The molecular weight excluding hydrogens is 396 g/mol. The largest absolute Gasteiger partial charge is 0.466 e. The van der Waals surface area contributed by atoms with E-state index >= 15 is 0 Å². The lowest BCUT2D eigenvalue weighted by Crippen LogP contribution is -2.39. The smallest absolute Gasteiger partial charge is 0.336 e. The van der Waals surface area contributed by atoms with Crippen LogP contribution in [0.5, 0.6) is 0 Å². The van der Waals surface area contributed by atoms with E-state index < -0.39 is 17.9 Å². The second kappa shape index (κ2) is 9.64. The van der Waals surface area contributed by atoms with E-state index in [9.17, 15) is 14.4 Å². The van der Waals surface area contributed by atoms with Crippen molar-refractivity contribution >= 4 is 23.9 Å². The first-order valence-electron chi connectivity index (χ1n) is 9.94. The van der Waals surface area contributed by atoms with Crippen LogP contribution in [0, 0.1) is 0 Å². The van der Waals surface area contributed by atoms with Gasteiger partial charge in [0, 0.05) is 23.0 Å². The van der Waals surface area contributed by atoms with E-state index in [1.807, 2.05) is 45.0 Å². The minimum absolute atomic E-state index is 0.243. The quantitative estimate of drug-likeness (QED) is 0.555. The van der Waals surface area contributed by atoms with E-state index in [-0.39, 0.29) is 11.4 Å². The number of dihydropyridines is 1. The highest BCUT2D eigenvalue weighted by Gasteiger charge is 2.38. The van der Waals surface area contributed by atoms with Crippen molar-refractivity contribution in [2.45, 2.75) is 46.1 Å². The van der Waals surface area contributed by atoms with Gasteiger partial charge in [-0.15, -0.1) is 0 Å². The fraction of sp³-hybridized carbons (Fsp3) is 0.375. The molecule has 1 amide bonds. The molecule has 7 heteroatoms. The van der Waals surface area contributed by atoms with Crippen LogP contribution in [0.2, 0.25) is 0 Å². The van der Waals surface area contributed by atoms with Crippen molar-refractivity contribution in [3.8, 4) is 0 Å². The van der Waals surface area contributed by atoms with E-state index in [2.05, 4.69) is 10.6 Å². The highest BCUT2D eigenvalue weighted by Crippen LogP contribution is 2.40. The number of methoxy groups -OCH3 is 2. The lowest BCUT2D eigenvalue weighted by molar-refractivity contribution is -0.137. The molecule has 0 saturated carbocycles. The summed E-state index contributed by atoms with van der Waals surface area (Å²) < 4.78 is 10.0. The normalized spacial score (nSPS) is 15.1. The molecule has 7 nitrogen and oxygen atoms in total. The zero-order valence-corrected chi connectivity index (χ0v) is 19.1. The average Bonchev–Trinajstić information content (AvgIpc) is 2.69. The number of esters is 2. The maximum atomic E-state index is 12.7. The molecule has 31 heavy (non-hydrogen) atoms. The van der Waals surface area contributed by atoms with Gasteiger partial charge in [0.2, 0.25) is 5.91 Å². The van der Waals surface area contributed by atoms with Gasteiger partial charge in [-0.25, -0.2) is 9.59 Å². The standard InChI is InChI=1S/C24H30N2O5/c1-14-19(22(28)30-6)21(20(15(2)25-14)23(29)31-7)17-11-9-8-10-16(17)12-13-18(27)26-24(3,4)5/h8-13,21,25H,1-7H3,(H,26,27)/b13-12+. The van der Waals surface area contributed by atoms with Crippen LogP contribution in [0.3, 0.4) is 0 Å². The summed E-state index contributed by atoms with van der Waals surface area (Å²) in [7, 11) is 2.59. The number of hydrogen-bond acceptors (Lipinski definition) is 6. The summed E-state index contributed by atoms with van der Waals surface area (Å²) in [5.41, 5.74) is 2.82. The number of ether oxygens (including phenoxy) is 2. The van der Waals surface area contributed by atoms with Crippen molar-refractivity contribution in [2.24, 2.45) is 0 Å². The van der Waals surface area contributed by atoms with Gasteiger partial charge in [0.1, 0.15) is 0 Å². The molecule has 1 aliphatic rings. The number of hydrogen-bond donors (Lipinski definition) is 2. The fourth-order valence-corrected chi connectivity index (χ4v) is 3.57. The number of benzene rings is 1. The number of amides is 1. The summed E-state index contributed by atoms with van der Waals surface area (Å²) in [5.74, 6) is -2.05. The van der Waals surface area contributed by atoms with Gasteiger partial charge in [0.25, 0.3) is 0 Å². The molecule has 1 aromatic rings. The Hall–Kier alpha value is -3.35. The Labute approximate surface area is 183 Å². The third kappa shape index (κ3) is 5.63. The van der Waals surface area contributed by atoms with Crippen LogP contribution in [-0.4, -0.2) is 37.6 Å². The Kier molecular flexibility index (Phi) is 7.44. The molecule has 1 aromatic carbocycles. The van der Waals surface area contributed by atoms with E-state index in [0.29, 0.717) is 33.7 Å². The topological polar surface area (TPSA) is 93.7 Å². The second-order valence-corrected chi connectivity index (χ2v) is 8.32. The molecule has 0 saturated heterocycles. The zero-order valence-electron chi connectivity index (χ0n) is 19.1. The van der Waals surface area contributed by atoms with E-state index in [1.54, 1.807) is 19.9 Å². The van der Waals surface area contributed by atoms with Crippen molar-refractivity contribution in [1.29, 1.82) is 0 Å².